The van der Waals surface area contributed by atoms with Gasteiger partial charge in [0.25, 0.3) is 6.01 Å². The number of imidazole rings is 1. The number of carboxylic acid groups (broad SMARTS) is 1. The van der Waals surface area contributed by atoms with Gasteiger partial charge in [-0.3, -0.25) is 5.41 Å². The zero-order valence-corrected chi connectivity index (χ0v) is 16.7. The smallest absolute Gasteiger partial charge is 0.338 e. The fraction of sp³-hybridized carbons (Fsp3) is 0.318. The van der Waals surface area contributed by atoms with Crippen molar-refractivity contribution in [3.63, 3.8) is 0 Å². The molecule has 3 aromatic rings. The maximum atomic E-state index is 11.8. The summed E-state index contributed by atoms with van der Waals surface area (Å²) in [6.07, 6.45) is 1.55. The van der Waals surface area contributed by atoms with Crippen molar-refractivity contribution in [3.8, 4) is 11.8 Å². The van der Waals surface area contributed by atoms with Gasteiger partial charge in [-0.1, -0.05) is 30.3 Å². The second-order valence-electron chi connectivity index (χ2n) is 7.38. The largest absolute Gasteiger partial charge is 0.490 e. The number of aromatic carboxylic acids is 1. The first kappa shape index (κ1) is 19.8. The van der Waals surface area contributed by atoms with E-state index in [0.717, 1.165) is 31.5 Å². The topological polar surface area (TPSA) is 112 Å². The van der Waals surface area contributed by atoms with Gasteiger partial charge in [-0.05, 0) is 18.6 Å². The van der Waals surface area contributed by atoms with Crippen molar-refractivity contribution >= 4 is 22.8 Å². The van der Waals surface area contributed by atoms with E-state index < -0.39 is 5.97 Å². The number of amidine groups is 1. The molecule has 1 aliphatic rings. The molecule has 8 nitrogen and oxygen atoms in total. The van der Waals surface area contributed by atoms with Gasteiger partial charge in [0.15, 0.2) is 0 Å². The number of fused-ring (bicyclic) bond motifs is 1. The van der Waals surface area contributed by atoms with E-state index in [1.165, 1.54) is 6.07 Å². The molecule has 0 saturated carbocycles. The highest BCUT2D eigenvalue weighted by atomic mass is 16.5. The summed E-state index contributed by atoms with van der Waals surface area (Å²) in [5.74, 6) is -0.0208. The predicted octanol–water partition coefficient (Wildman–Crippen LogP) is 3.68. The summed E-state index contributed by atoms with van der Waals surface area (Å²) in [5.41, 5.74) is 1.96. The second kappa shape index (κ2) is 8.44. The maximum Gasteiger partial charge on any atom is 0.338 e. The first-order valence-corrected chi connectivity index (χ1v) is 9.90. The molecule has 3 N–H and O–H groups in total. The second-order valence-corrected chi connectivity index (χ2v) is 7.38. The number of aromatic nitrogens is 2. The molecule has 156 valence electrons. The Bertz CT molecular complexity index is 1060. The van der Waals surface area contributed by atoms with Gasteiger partial charge in [0.1, 0.15) is 24.0 Å². The van der Waals surface area contributed by atoms with Crippen LogP contribution in [0.4, 0.5) is 0 Å². The lowest BCUT2D eigenvalue weighted by atomic mass is 10.1. The lowest BCUT2D eigenvalue weighted by molar-refractivity contribution is 0.0697. The van der Waals surface area contributed by atoms with Crippen LogP contribution in [0.3, 0.4) is 0 Å². The molecule has 1 aliphatic heterocycles. The number of rotatable bonds is 6. The Kier molecular flexibility index (Phi) is 5.56. The van der Waals surface area contributed by atoms with E-state index in [0.29, 0.717) is 29.2 Å². The van der Waals surface area contributed by atoms with Crippen molar-refractivity contribution in [3.05, 3.63) is 53.6 Å². The summed E-state index contributed by atoms with van der Waals surface area (Å²) in [5, 5.41) is 17.4. The number of nitrogens with one attached hydrogen (secondary N) is 2. The van der Waals surface area contributed by atoms with Crippen LogP contribution in [-0.4, -0.2) is 51.0 Å². The summed E-state index contributed by atoms with van der Waals surface area (Å²) in [6.45, 7) is 3.63. The number of carbonyl (C=O) groups is 1. The van der Waals surface area contributed by atoms with Gasteiger partial charge in [0.2, 0.25) is 0 Å². The Labute approximate surface area is 174 Å². The summed E-state index contributed by atoms with van der Waals surface area (Å²) < 4.78 is 11.8. The van der Waals surface area contributed by atoms with Crippen molar-refractivity contribution < 1.29 is 19.4 Å². The zero-order chi connectivity index (χ0) is 21.1. The Morgan fingerprint density at radius 3 is 2.67 bits per heavy atom. The van der Waals surface area contributed by atoms with Crippen LogP contribution in [0, 0.1) is 5.41 Å². The molecule has 1 saturated heterocycles. The predicted molar refractivity (Wildman–Crippen MR) is 112 cm³/mol. The van der Waals surface area contributed by atoms with Gasteiger partial charge in [-0.15, -0.1) is 0 Å². The van der Waals surface area contributed by atoms with Gasteiger partial charge in [-0.25, -0.2) is 4.79 Å². The lowest BCUT2D eigenvalue weighted by Gasteiger charge is -2.32. The molecule has 0 spiro atoms. The maximum absolute atomic E-state index is 11.8. The molecular formula is C22H24N4O4. The van der Waals surface area contributed by atoms with E-state index in [4.69, 9.17) is 14.9 Å². The number of ether oxygens (including phenoxy) is 2. The average Bonchev–Trinajstić information content (AvgIpc) is 3.15. The SMILES string of the molecule is CC(=N)N1CCC(Oc2cc(C(=O)O)c3nc(OCc4ccccc4)[nH]c3c2)CC1. The average molecular weight is 408 g/mol. The number of benzene rings is 2. The highest BCUT2D eigenvalue weighted by molar-refractivity contribution is 6.01. The molecular weight excluding hydrogens is 384 g/mol. The minimum Gasteiger partial charge on any atom is -0.490 e. The third-order valence-corrected chi connectivity index (χ3v) is 5.21. The molecule has 1 aromatic heterocycles. The highest BCUT2D eigenvalue weighted by Crippen LogP contribution is 2.28. The van der Waals surface area contributed by atoms with Crippen molar-refractivity contribution in [1.82, 2.24) is 14.9 Å². The van der Waals surface area contributed by atoms with E-state index in [1.54, 1.807) is 13.0 Å². The number of carboxylic acids is 1. The normalized spacial score (nSPS) is 14.6. The molecule has 0 aliphatic carbocycles. The number of hydrogen-bond acceptors (Lipinski definition) is 5. The minimum atomic E-state index is -1.07. The first-order valence-electron chi connectivity index (χ1n) is 9.90. The van der Waals surface area contributed by atoms with Crippen molar-refractivity contribution in [2.45, 2.75) is 32.5 Å². The third-order valence-electron chi connectivity index (χ3n) is 5.21. The van der Waals surface area contributed by atoms with Crippen LogP contribution in [0.2, 0.25) is 0 Å². The Balaban J connectivity index is 1.52. The molecule has 8 heteroatoms. The molecule has 30 heavy (non-hydrogen) atoms. The van der Waals surface area contributed by atoms with Gasteiger partial charge in [0.05, 0.1) is 16.9 Å². The summed E-state index contributed by atoms with van der Waals surface area (Å²) >= 11 is 0. The number of nitrogens with zero attached hydrogens (tertiary/aromatic N) is 2. The summed E-state index contributed by atoms with van der Waals surface area (Å²) in [7, 11) is 0. The molecule has 4 rings (SSSR count). The molecule has 2 heterocycles. The van der Waals surface area contributed by atoms with Crippen LogP contribution in [0.5, 0.6) is 11.8 Å². The highest BCUT2D eigenvalue weighted by Gasteiger charge is 2.22. The number of likely N-dealkylation sites (tertiary alicyclic amines) is 1. The first-order chi connectivity index (χ1) is 14.5. The minimum absolute atomic E-state index is 0.0172. The molecule has 1 fully saturated rings. The van der Waals surface area contributed by atoms with Gasteiger partial charge in [0, 0.05) is 32.0 Å². The molecule has 2 aromatic carbocycles. The molecule has 0 bridgehead atoms. The van der Waals surface area contributed by atoms with E-state index in [1.807, 2.05) is 35.2 Å². The van der Waals surface area contributed by atoms with Gasteiger partial charge >= 0.3 is 5.97 Å². The van der Waals surface area contributed by atoms with E-state index in [-0.39, 0.29) is 17.7 Å². The van der Waals surface area contributed by atoms with Crippen LogP contribution in [0.25, 0.3) is 11.0 Å². The van der Waals surface area contributed by atoms with Crippen LogP contribution in [0.1, 0.15) is 35.7 Å². The number of H-pyrrole nitrogens is 1. The Hall–Kier alpha value is -3.55. The standard InChI is InChI=1S/C22H24N4O4/c1-14(23)26-9-7-16(8-10-26)30-17-11-18(21(27)28)20-19(12-17)24-22(25-20)29-13-15-5-3-2-4-6-15/h2-6,11-12,16,23H,7-10,13H2,1H3,(H,24,25)(H,27,28). The lowest BCUT2D eigenvalue weighted by Crippen LogP contribution is -2.40. The molecule has 0 amide bonds. The quantitative estimate of drug-likeness (QED) is 0.424. The van der Waals surface area contributed by atoms with Gasteiger partial charge < -0.3 is 24.5 Å². The number of piperidine rings is 1. The van der Waals surface area contributed by atoms with E-state index in [2.05, 4.69) is 9.97 Å². The zero-order valence-electron chi connectivity index (χ0n) is 16.7. The third kappa shape index (κ3) is 4.37. The van der Waals surface area contributed by atoms with E-state index >= 15 is 0 Å². The Morgan fingerprint density at radius 2 is 2.00 bits per heavy atom. The number of aromatic amines is 1. The summed E-state index contributed by atoms with van der Waals surface area (Å²) in [6, 6.07) is 13.2. The summed E-state index contributed by atoms with van der Waals surface area (Å²) in [4.78, 5) is 21.2. The molecule has 0 radical (unpaired) electrons. The fourth-order valence-corrected chi connectivity index (χ4v) is 3.60. The van der Waals surface area contributed by atoms with Crippen LogP contribution in [0.15, 0.2) is 42.5 Å². The van der Waals surface area contributed by atoms with Crippen molar-refractivity contribution in [1.29, 1.82) is 5.41 Å². The van der Waals surface area contributed by atoms with Crippen LogP contribution in [-0.2, 0) is 6.61 Å². The van der Waals surface area contributed by atoms with Gasteiger partial charge in [-0.2, -0.15) is 4.98 Å². The van der Waals surface area contributed by atoms with Crippen molar-refractivity contribution in [2.24, 2.45) is 0 Å². The van der Waals surface area contributed by atoms with Crippen molar-refractivity contribution in [2.75, 3.05) is 13.1 Å². The Morgan fingerprint density at radius 1 is 1.27 bits per heavy atom. The number of hydrogen-bond donors (Lipinski definition) is 3. The molecule has 0 atom stereocenters. The monoisotopic (exact) mass is 408 g/mol. The van der Waals surface area contributed by atoms with E-state index in [9.17, 15) is 9.90 Å². The molecule has 0 unspecified atom stereocenters. The fourth-order valence-electron chi connectivity index (χ4n) is 3.60. The van der Waals surface area contributed by atoms with Crippen LogP contribution < -0.4 is 9.47 Å². The van der Waals surface area contributed by atoms with Crippen LogP contribution >= 0.6 is 0 Å².